The van der Waals surface area contributed by atoms with Crippen molar-refractivity contribution in [3.63, 3.8) is 0 Å². The number of aromatic nitrogens is 4. The molecule has 1 aliphatic rings. The van der Waals surface area contributed by atoms with Crippen LogP contribution in [0.25, 0.3) is 22.0 Å². The van der Waals surface area contributed by atoms with Crippen molar-refractivity contribution < 1.29 is 4.74 Å². The molecule has 29 heavy (non-hydrogen) atoms. The zero-order valence-electron chi connectivity index (χ0n) is 15.9. The van der Waals surface area contributed by atoms with Gasteiger partial charge in [0.25, 0.3) is 0 Å². The number of fused-ring (bicyclic) bond motifs is 2. The van der Waals surface area contributed by atoms with Crippen LogP contribution in [0.4, 0.5) is 5.69 Å². The fourth-order valence-electron chi connectivity index (χ4n) is 3.61. The van der Waals surface area contributed by atoms with E-state index in [0.29, 0.717) is 5.88 Å². The predicted molar refractivity (Wildman–Crippen MR) is 117 cm³/mol. The topological polar surface area (TPSA) is 79.8 Å². The van der Waals surface area contributed by atoms with Crippen LogP contribution in [0, 0.1) is 0 Å². The molecule has 1 unspecified atom stereocenters. The van der Waals surface area contributed by atoms with Crippen LogP contribution < -0.4 is 15.4 Å². The third-order valence-electron chi connectivity index (χ3n) is 5.10. The summed E-state index contributed by atoms with van der Waals surface area (Å²) in [7, 11) is 1.91. The third kappa shape index (κ3) is 3.73. The number of nitrogens with zero attached hydrogens (tertiary/aromatic N) is 3. The molecule has 5 rings (SSSR count). The van der Waals surface area contributed by atoms with Gasteiger partial charge in [-0.1, -0.05) is 22.0 Å². The van der Waals surface area contributed by atoms with Crippen LogP contribution in [-0.2, 0) is 13.6 Å². The quantitative estimate of drug-likeness (QED) is 0.430. The van der Waals surface area contributed by atoms with E-state index in [1.807, 2.05) is 25.6 Å². The lowest BCUT2D eigenvalue weighted by atomic mass is 10.1. The van der Waals surface area contributed by atoms with Gasteiger partial charge in [-0.15, -0.1) is 0 Å². The number of ether oxygens (including phenoxy) is 1. The van der Waals surface area contributed by atoms with Crippen molar-refractivity contribution in [3.05, 3.63) is 59.1 Å². The predicted octanol–water partition coefficient (Wildman–Crippen LogP) is 3.69. The van der Waals surface area contributed by atoms with E-state index in [1.54, 1.807) is 4.68 Å². The maximum absolute atomic E-state index is 6.08. The molecule has 8 heteroatoms. The van der Waals surface area contributed by atoms with Crippen LogP contribution >= 0.6 is 15.9 Å². The van der Waals surface area contributed by atoms with E-state index < -0.39 is 0 Å². The molecule has 4 heterocycles. The summed E-state index contributed by atoms with van der Waals surface area (Å²) >= 11 is 3.51. The van der Waals surface area contributed by atoms with Gasteiger partial charge in [0.1, 0.15) is 6.10 Å². The van der Waals surface area contributed by atoms with Crippen molar-refractivity contribution in [1.82, 2.24) is 25.1 Å². The van der Waals surface area contributed by atoms with Crippen molar-refractivity contribution in [2.45, 2.75) is 12.6 Å². The SMILES string of the molecule is Cn1cc(-c2cnc3c(c2)NCC(CNCc2c[nH]c4cc(Br)ccc24)O3)cn1. The average Bonchev–Trinajstić information content (AvgIpc) is 3.33. The van der Waals surface area contributed by atoms with Crippen molar-refractivity contribution in [3.8, 4) is 17.0 Å². The molecule has 3 aromatic heterocycles. The molecule has 1 aromatic carbocycles. The van der Waals surface area contributed by atoms with Crippen LogP contribution in [0.5, 0.6) is 5.88 Å². The summed E-state index contributed by atoms with van der Waals surface area (Å²) in [5, 5.41) is 12.4. The fourth-order valence-corrected chi connectivity index (χ4v) is 3.97. The number of aromatic amines is 1. The van der Waals surface area contributed by atoms with Gasteiger partial charge in [-0.3, -0.25) is 4.68 Å². The second-order valence-electron chi connectivity index (χ2n) is 7.23. The van der Waals surface area contributed by atoms with Crippen LogP contribution in [0.15, 0.2) is 53.5 Å². The number of anilines is 1. The summed E-state index contributed by atoms with van der Waals surface area (Å²) in [6.45, 7) is 2.25. The molecule has 3 N–H and O–H groups in total. The zero-order chi connectivity index (χ0) is 19.8. The molecular weight excluding hydrogens is 432 g/mol. The number of halogens is 1. The molecule has 0 amide bonds. The van der Waals surface area contributed by atoms with Gasteiger partial charge in [0.05, 0.1) is 18.4 Å². The Labute approximate surface area is 176 Å². The van der Waals surface area contributed by atoms with Crippen LogP contribution in [0.3, 0.4) is 0 Å². The lowest BCUT2D eigenvalue weighted by Gasteiger charge is -2.27. The number of nitrogens with one attached hydrogen (secondary N) is 3. The number of rotatable bonds is 5. The molecule has 1 aliphatic heterocycles. The molecule has 1 atom stereocenters. The van der Waals surface area contributed by atoms with Crippen molar-refractivity contribution in [2.24, 2.45) is 7.05 Å². The van der Waals surface area contributed by atoms with Crippen LogP contribution in [-0.4, -0.2) is 38.9 Å². The zero-order valence-corrected chi connectivity index (χ0v) is 17.5. The van der Waals surface area contributed by atoms with Gasteiger partial charge >= 0.3 is 0 Å². The van der Waals surface area contributed by atoms with E-state index in [2.05, 4.69) is 72.1 Å². The van der Waals surface area contributed by atoms with Gasteiger partial charge < -0.3 is 20.4 Å². The van der Waals surface area contributed by atoms with Crippen LogP contribution in [0.2, 0.25) is 0 Å². The van der Waals surface area contributed by atoms with E-state index in [4.69, 9.17) is 4.74 Å². The molecule has 148 valence electrons. The summed E-state index contributed by atoms with van der Waals surface area (Å²) in [5.41, 5.74) is 5.37. The monoisotopic (exact) mass is 452 g/mol. The number of hydrogen-bond donors (Lipinski definition) is 3. The number of hydrogen-bond acceptors (Lipinski definition) is 5. The lowest BCUT2D eigenvalue weighted by molar-refractivity contribution is 0.193. The Hall–Kier alpha value is -2.84. The van der Waals surface area contributed by atoms with E-state index >= 15 is 0 Å². The van der Waals surface area contributed by atoms with E-state index in [0.717, 1.165) is 46.4 Å². The summed E-state index contributed by atoms with van der Waals surface area (Å²) in [6.07, 6.45) is 7.73. The molecule has 0 bridgehead atoms. The largest absolute Gasteiger partial charge is 0.470 e. The molecular formula is C21H21BrN6O. The van der Waals surface area contributed by atoms with Crippen LogP contribution in [0.1, 0.15) is 5.56 Å². The van der Waals surface area contributed by atoms with Crippen molar-refractivity contribution in [2.75, 3.05) is 18.4 Å². The molecule has 7 nitrogen and oxygen atoms in total. The molecule has 0 saturated carbocycles. The van der Waals surface area contributed by atoms with E-state index in [-0.39, 0.29) is 6.10 Å². The number of benzene rings is 1. The van der Waals surface area contributed by atoms with E-state index in [9.17, 15) is 0 Å². The van der Waals surface area contributed by atoms with Crippen molar-refractivity contribution >= 4 is 32.5 Å². The minimum absolute atomic E-state index is 0.0265. The second-order valence-corrected chi connectivity index (χ2v) is 8.15. The number of aryl methyl sites for hydroxylation is 1. The average molecular weight is 453 g/mol. The van der Waals surface area contributed by atoms with Gasteiger partial charge in [-0.05, 0) is 23.8 Å². The Kier molecular flexibility index (Phi) is 4.73. The second kappa shape index (κ2) is 7.53. The number of H-pyrrole nitrogens is 1. The minimum atomic E-state index is 0.0265. The van der Waals surface area contributed by atoms with E-state index in [1.165, 1.54) is 10.9 Å². The van der Waals surface area contributed by atoms with Gasteiger partial charge in [0, 0.05) is 65.2 Å². The first-order valence-electron chi connectivity index (χ1n) is 9.51. The van der Waals surface area contributed by atoms with Gasteiger partial charge in [-0.2, -0.15) is 5.10 Å². The van der Waals surface area contributed by atoms with Crippen molar-refractivity contribution in [1.29, 1.82) is 0 Å². The normalized spacial score (nSPS) is 15.7. The fraction of sp³-hybridized carbons (Fsp3) is 0.238. The Bertz CT molecular complexity index is 1170. The highest BCUT2D eigenvalue weighted by Crippen LogP contribution is 2.31. The third-order valence-corrected chi connectivity index (χ3v) is 5.60. The number of pyridine rings is 1. The summed E-state index contributed by atoms with van der Waals surface area (Å²) < 4.78 is 8.94. The molecule has 0 saturated heterocycles. The molecule has 0 spiro atoms. The molecule has 0 aliphatic carbocycles. The first-order chi connectivity index (χ1) is 14.2. The first-order valence-corrected chi connectivity index (χ1v) is 10.3. The Morgan fingerprint density at radius 1 is 1.28 bits per heavy atom. The maximum Gasteiger partial charge on any atom is 0.237 e. The molecule has 4 aromatic rings. The maximum atomic E-state index is 6.08. The van der Waals surface area contributed by atoms with Gasteiger partial charge in [-0.25, -0.2) is 4.98 Å². The minimum Gasteiger partial charge on any atom is -0.470 e. The summed E-state index contributed by atoms with van der Waals surface area (Å²) in [6, 6.07) is 8.35. The highest BCUT2D eigenvalue weighted by molar-refractivity contribution is 9.10. The Morgan fingerprint density at radius 3 is 3.07 bits per heavy atom. The Morgan fingerprint density at radius 2 is 2.21 bits per heavy atom. The van der Waals surface area contributed by atoms with Gasteiger partial charge in [0.15, 0.2) is 0 Å². The highest BCUT2D eigenvalue weighted by Gasteiger charge is 2.21. The highest BCUT2D eigenvalue weighted by atomic mass is 79.9. The summed E-state index contributed by atoms with van der Waals surface area (Å²) in [4.78, 5) is 7.82. The lowest BCUT2D eigenvalue weighted by Crippen LogP contribution is -2.39. The standard InChI is InChI=1S/C21H21BrN6O/c1-28-12-15(9-27-28)13-4-20-21(26-7-13)29-17(11-25-20)10-23-6-14-8-24-19-5-16(22)2-3-18(14)19/h2-5,7-9,12,17,23-25H,6,10-11H2,1H3. The summed E-state index contributed by atoms with van der Waals surface area (Å²) in [5.74, 6) is 0.646. The molecule has 0 fully saturated rings. The Balaban J connectivity index is 1.21. The smallest absolute Gasteiger partial charge is 0.237 e. The molecule has 0 radical (unpaired) electrons. The van der Waals surface area contributed by atoms with Gasteiger partial charge in [0.2, 0.25) is 5.88 Å². The first kappa shape index (κ1) is 18.2.